The number of amides is 4. The number of rotatable bonds is 8. The maximum Gasteiger partial charge on any atom is 0.324 e. The van der Waals surface area contributed by atoms with E-state index in [0.717, 1.165) is 43.6 Å². The van der Waals surface area contributed by atoms with Crippen molar-refractivity contribution in [3.05, 3.63) is 105 Å². The van der Waals surface area contributed by atoms with E-state index in [4.69, 9.17) is 0 Å². The lowest BCUT2D eigenvalue weighted by Crippen LogP contribution is -2.45. The zero-order valence-electron chi connectivity index (χ0n) is 24.9. The van der Waals surface area contributed by atoms with E-state index in [1.807, 2.05) is 78.7 Å². The highest BCUT2D eigenvalue weighted by Gasteiger charge is 2.30. The summed E-state index contributed by atoms with van der Waals surface area (Å²) >= 11 is 3.43. The number of nitrogens with zero attached hydrogens (tertiary/aromatic N) is 3. The van der Waals surface area contributed by atoms with Gasteiger partial charge < -0.3 is 15.1 Å². The molecule has 0 unspecified atom stereocenters. The van der Waals surface area contributed by atoms with Crippen LogP contribution in [0.15, 0.2) is 95.7 Å². The summed E-state index contributed by atoms with van der Waals surface area (Å²) in [5.41, 5.74) is 1.80. The third-order valence-corrected chi connectivity index (χ3v) is 10.0. The summed E-state index contributed by atoms with van der Waals surface area (Å²) in [6, 6.07) is 28.7. The van der Waals surface area contributed by atoms with Crippen LogP contribution < -0.4 is 10.2 Å². The van der Waals surface area contributed by atoms with Crippen LogP contribution in [0, 0.1) is 0 Å². The molecule has 2 aliphatic carbocycles. The van der Waals surface area contributed by atoms with E-state index in [1.165, 1.54) is 35.4 Å². The first-order valence-corrected chi connectivity index (χ1v) is 17.1. The van der Waals surface area contributed by atoms with Gasteiger partial charge in [0, 0.05) is 40.3 Å². The molecule has 0 aliphatic heterocycles. The fraction of sp³-hybridized carbons (Fsp3) is 0.371. The summed E-state index contributed by atoms with van der Waals surface area (Å²) in [4.78, 5) is 34.0. The Kier molecular flexibility index (Phi) is 11.3. The lowest BCUT2D eigenvalue weighted by molar-refractivity contribution is 0.179. The number of carbonyl (C=O) groups is 2. The SMILES string of the molecule is CN(C(=O)N(Cc1cccs1)C1CCCC1)c1ccccc1.O=C(Nc1ccccc1)N(Cc1cccs1)C1CCCC1. The Bertz CT molecular complexity index is 1370. The summed E-state index contributed by atoms with van der Waals surface area (Å²) in [7, 11) is 1.87. The van der Waals surface area contributed by atoms with Gasteiger partial charge in [0.1, 0.15) is 0 Å². The standard InChI is InChI=1S/C18H22N2OS.C17H20N2OS/c1-19(15-8-3-2-4-9-15)18(21)20(16-10-5-6-11-16)14-17-12-7-13-22-17;20-17(18-14-7-2-1-3-8-14)19(15-9-4-5-10-15)13-16-11-6-12-21-16/h2-4,7-9,12-13,16H,5-6,10-11,14H2,1H3;1-3,6-8,11-12,15H,4-5,9-10,13H2,(H,18,20). The van der Waals surface area contributed by atoms with Crippen LogP contribution in [0.2, 0.25) is 0 Å². The number of hydrogen-bond donors (Lipinski definition) is 1. The molecule has 0 bridgehead atoms. The van der Waals surface area contributed by atoms with Gasteiger partial charge in [-0.25, -0.2) is 9.59 Å². The number of urea groups is 2. The number of hydrogen-bond acceptors (Lipinski definition) is 4. The highest BCUT2D eigenvalue weighted by Crippen LogP contribution is 2.29. The molecule has 6 nitrogen and oxygen atoms in total. The van der Waals surface area contributed by atoms with Gasteiger partial charge in [0.15, 0.2) is 0 Å². The lowest BCUT2D eigenvalue weighted by Gasteiger charge is -2.32. The third kappa shape index (κ3) is 8.71. The lowest BCUT2D eigenvalue weighted by atomic mass is 10.2. The van der Waals surface area contributed by atoms with Gasteiger partial charge in [0.2, 0.25) is 0 Å². The molecule has 4 aromatic rings. The molecule has 2 aliphatic rings. The molecule has 0 radical (unpaired) electrons. The van der Waals surface area contributed by atoms with Crippen LogP contribution in [0.5, 0.6) is 0 Å². The average Bonchev–Trinajstić information content (AvgIpc) is 3.88. The Morgan fingerprint density at radius 2 is 1.16 bits per heavy atom. The average molecular weight is 615 g/mol. The van der Waals surface area contributed by atoms with Gasteiger partial charge in [-0.1, -0.05) is 74.2 Å². The van der Waals surface area contributed by atoms with Crippen molar-refractivity contribution in [2.45, 2.75) is 76.5 Å². The fourth-order valence-corrected chi connectivity index (χ4v) is 7.37. The maximum absolute atomic E-state index is 13.0. The van der Waals surface area contributed by atoms with Crippen LogP contribution in [0.4, 0.5) is 21.0 Å². The van der Waals surface area contributed by atoms with Crippen LogP contribution in [0.3, 0.4) is 0 Å². The summed E-state index contributed by atoms with van der Waals surface area (Å²) in [5, 5.41) is 7.17. The number of nitrogens with one attached hydrogen (secondary N) is 1. The molecule has 0 saturated heterocycles. The van der Waals surface area contributed by atoms with Crippen molar-refractivity contribution in [2.24, 2.45) is 0 Å². The van der Waals surface area contributed by atoms with E-state index in [9.17, 15) is 9.59 Å². The highest BCUT2D eigenvalue weighted by molar-refractivity contribution is 7.10. The van der Waals surface area contributed by atoms with Crippen LogP contribution >= 0.6 is 22.7 Å². The molecular weight excluding hydrogens is 573 g/mol. The molecule has 0 atom stereocenters. The van der Waals surface area contributed by atoms with Crippen molar-refractivity contribution in [3.8, 4) is 0 Å². The smallest absolute Gasteiger partial charge is 0.316 e. The van der Waals surface area contributed by atoms with E-state index >= 15 is 0 Å². The molecule has 1 N–H and O–H groups in total. The number of thiophene rings is 2. The van der Waals surface area contributed by atoms with Gasteiger partial charge in [-0.05, 0) is 72.8 Å². The van der Waals surface area contributed by atoms with Gasteiger partial charge in [-0.15, -0.1) is 22.7 Å². The molecule has 2 heterocycles. The van der Waals surface area contributed by atoms with E-state index in [1.54, 1.807) is 27.6 Å². The summed E-state index contributed by atoms with van der Waals surface area (Å²) < 4.78 is 0. The number of carbonyl (C=O) groups excluding carboxylic acids is 2. The van der Waals surface area contributed by atoms with Crippen molar-refractivity contribution in [3.63, 3.8) is 0 Å². The number of para-hydroxylation sites is 2. The largest absolute Gasteiger partial charge is 0.324 e. The van der Waals surface area contributed by atoms with E-state index < -0.39 is 0 Å². The first kappa shape index (κ1) is 30.8. The maximum atomic E-state index is 13.0. The van der Waals surface area contributed by atoms with Gasteiger partial charge >= 0.3 is 12.1 Å². The van der Waals surface area contributed by atoms with Crippen LogP contribution in [-0.4, -0.2) is 41.0 Å². The van der Waals surface area contributed by atoms with Gasteiger partial charge in [-0.2, -0.15) is 0 Å². The third-order valence-electron chi connectivity index (χ3n) is 8.31. The van der Waals surface area contributed by atoms with Crippen molar-refractivity contribution in [1.82, 2.24) is 9.80 Å². The van der Waals surface area contributed by atoms with Gasteiger partial charge in [0.05, 0.1) is 13.1 Å². The van der Waals surface area contributed by atoms with Crippen molar-refractivity contribution in [2.75, 3.05) is 17.3 Å². The van der Waals surface area contributed by atoms with Gasteiger partial charge in [-0.3, -0.25) is 4.90 Å². The molecule has 43 heavy (non-hydrogen) atoms. The van der Waals surface area contributed by atoms with Crippen LogP contribution in [0.1, 0.15) is 61.1 Å². The zero-order chi connectivity index (χ0) is 29.9. The van der Waals surface area contributed by atoms with Crippen molar-refractivity contribution in [1.29, 1.82) is 0 Å². The number of benzene rings is 2. The Hall–Kier alpha value is -3.62. The monoisotopic (exact) mass is 614 g/mol. The second-order valence-electron chi connectivity index (χ2n) is 11.3. The topological polar surface area (TPSA) is 55.9 Å². The van der Waals surface area contributed by atoms with Crippen molar-refractivity contribution < 1.29 is 9.59 Å². The second-order valence-corrected chi connectivity index (χ2v) is 13.3. The minimum Gasteiger partial charge on any atom is -0.316 e. The Balaban J connectivity index is 0.000000171. The quantitative estimate of drug-likeness (QED) is 0.215. The predicted octanol–water partition coefficient (Wildman–Crippen LogP) is 9.47. The predicted molar refractivity (Wildman–Crippen MR) is 180 cm³/mol. The van der Waals surface area contributed by atoms with E-state index in [2.05, 4.69) is 39.2 Å². The first-order valence-electron chi connectivity index (χ1n) is 15.4. The molecule has 2 saturated carbocycles. The fourth-order valence-electron chi connectivity index (χ4n) is 5.96. The molecule has 4 amide bonds. The minimum atomic E-state index is 0.0153. The number of anilines is 2. The Labute approximate surface area is 264 Å². The molecule has 0 spiro atoms. The van der Waals surface area contributed by atoms with E-state index in [0.29, 0.717) is 18.6 Å². The summed E-state index contributed by atoms with van der Waals surface area (Å²) in [6.07, 6.45) is 9.40. The van der Waals surface area contributed by atoms with Crippen LogP contribution in [0.25, 0.3) is 0 Å². The van der Waals surface area contributed by atoms with Gasteiger partial charge in [0.25, 0.3) is 0 Å². The first-order chi connectivity index (χ1) is 21.1. The normalized spacial score (nSPS) is 15.0. The Morgan fingerprint density at radius 1 is 0.674 bits per heavy atom. The minimum absolute atomic E-state index is 0.0153. The molecule has 2 fully saturated rings. The molecule has 6 rings (SSSR count). The summed E-state index contributed by atoms with van der Waals surface area (Å²) in [6.45, 7) is 1.43. The molecule has 2 aromatic heterocycles. The van der Waals surface area contributed by atoms with E-state index in [-0.39, 0.29) is 12.1 Å². The molecule has 8 heteroatoms. The van der Waals surface area contributed by atoms with Crippen molar-refractivity contribution >= 4 is 46.1 Å². The highest BCUT2D eigenvalue weighted by atomic mass is 32.1. The van der Waals surface area contributed by atoms with Crippen LogP contribution in [-0.2, 0) is 13.1 Å². The molecular formula is C35H42N4O2S2. The molecule has 2 aromatic carbocycles. The Morgan fingerprint density at radius 3 is 1.67 bits per heavy atom. The summed E-state index contributed by atoms with van der Waals surface area (Å²) in [5.74, 6) is 0. The molecule has 226 valence electrons. The second kappa shape index (κ2) is 15.7. The zero-order valence-corrected chi connectivity index (χ0v) is 26.6.